The van der Waals surface area contributed by atoms with E-state index in [1.54, 1.807) is 0 Å². The number of halogens is 4. The van der Waals surface area contributed by atoms with Gasteiger partial charge in [-0.25, -0.2) is 8.78 Å². The molecule has 0 radical (unpaired) electrons. The summed E-state index contributed by atoms with van der Waals surface area (Å²) in [7, 11) is 0. The predicted molar refractivity (Wildman–Crippen MR) is 103 cm³/mol. The van der Waals surface area contributed by atoms with Crippen LogP contribution in [0.2, 0.25) is 0 Å². The van der Waals surface area contributed by atoms with E-state index in [0.717, 1.165) is 0 Å². The number of carbonyl (C=O) groups excluding carboxylic acids is 2. The lowest BCUT2D eigenvalue weighted by Gasteiger charge is -2.15. The summed E-state index contributed by atoms with van der Waals surface area (Å²) in [4.78, 5) is 26.0. The van der Waals surface area contributed by atoms with Crippen molar-refractivity contribution >= 4 is 17.5 Å². The molecule has 2 amide bonds. The van der Waals surface area contributed by atoms with Gasteiger partial charge in [0.05, 0.1) is 6.04 Å². The zero-order chi connectivity index (χ0) is 23.1. The quantitative estimate of drug-likeness (QED) is 0.238. The minimum absolute atomic E-state index is 0.0627. The van der Waals surface area contributed by atoms with Crippen LogP contribution in [-0.4, -0.2) is 42.0 Å². The van der Waals surface area contributed by atoms with Crippen LogP contribution in [0.25, 0.3) is 0 Å². The lowest BCUT2D eigenvalue weighted by Crippen LogP contribution is -2.51. The number of pyridine rings is 1. The Morgan fingerprint density at radius 3 is 2.06 bits per heavy atom. The second kappa shape index (κ2) is 10.5. The third-order valence-corrected chi connectivity index (χ3v) is 3.91. The van der Waals surface area contributed by atoms with E-state index in [1.807, 2.05) is 5.92 Å². The summed E-state index contributed by atoms with van der Waals surface area (Å²) in [5, 5.41) is 4.89. The van der Waals surface area contributed by atoms with Crippen LogP contribution in [-0.2, 0) is 9.59 Å². The molecule has 2 atom stereocenters. The fourth-order valence-corrected chi connectivity index (χ4v) is 2.14. The van der Waals surface area contributed by atoms with Crippen molar-refractivity contribution in [2.45, 2.75) is 12.1 Å². The summed E-state index contributed by atoms with van der Waals surface area (Å²) >= 11 is 0. The molecule has 8 N–H and O–H groups in total. The third kappa shape index (κ3) is 6.22. The van der Waals surface area contributed by atoms with E-state index >= 15 is 0 Å². The van der Waals surface area contributed by atoms with Crippen molar-refractivity contribution in [3.05, 3.63) is 58.9 Å². The van der Waals surface area contributed by atoms with Gasteiger partial charge in [0.1, 0.15) is 11.6 Å². The monoisotopic (exact) mass is 438 g/mol. The molecule has 31 heavy (non-hydrogen) atoms. The van der Waals surface area contributed by atoms with Gasteiger partial charge in [0, 0.05) is 24.3 Å². The van der Waals surface area contributed by atoms with Crippen LogP contribution < -0.4 is 27.8 Å². The van der Waals surface area contributed by atoms with Crippen LogP contribution in [0.15, 0.2) is 24.3 Å². The van der Waals surface area contributed by atoms with Crippen molar-refractivity contribution in [1.29, 1.82) is 0 Å². The number of benzene rings is 1. The van der Waals surface area contributed by atoms with Gasteiger partial charge in [-0.3, -0.25) is 9.59 Å². The molecule has 1 aromatic heterocycles. The minimum Gasteiger partial charge on any atom is -0.353 e. The molecule has 0 spiro atoms. The second-order valence-corrected chi connectivity index (χ2v) is 6.21. The standard InChI is InChI=1S/C19H18F4N6O2/c20-14-11(15(21)17(23)29-16(14)22)6-3-9-1-4-10(5-2-9)28-19(31)13(26)8-27-18(30)12(25)7-24/h1-2,4-5,12-13H,7-8,24-26H2,(H,27,30)(H,28,31). The molecule has 0 bridgehead atoms. The normalized spacial score (nSPS) is 12.4. The topological polar surface area (TPSA) is 149 Å². The van der Waals surface area contributed by atoms with Gasteiger partial charge in [0.25, 0.3) is 11.9 Å². The van der Waals surface area contributed by atoms with E-state index in [4.69, 9.17) is 17.2 Å². The number of hydrogen-bond donors (Lipinski definition) is 5. The maximum Gasteiger partial charge on any atom is 0.253 e. The molecule has 1 aromatic carbocycles. The molecule has 164 valence electrons. The Balaban J connectivity index is 2.02. The largest absolute Gasteiger partial charge is 0.353 e. The number of rotatable bonds is 6. The molecule has 2 rings (SSSR count). The van der Waals surface area contributed by atoms with Gasteiger partial charge in [0.2, 0.25) is 11.8 Å². The molecule has 2 unspecified atom stereocenters. The van der Waals surface area contributed by atoms with E-state index in [9.17, 15) is 27.2 Å². The summed E-state index contributed by atoms with van der Waals surface area (Å²) in [6, 6.07) is 3.62. The highest BCUT2D eigenvalue weighted by Crippen LogP contribution is 2.16. The smallest absolute Gasteiger partial charge is 0.253 e. The number of nitrogens with two attached hydrogens (primary N) is 3. The van der Waals surface area contributed by atoms with Crippen molar-refractivity contribution in [2.75, 3.05) is 18.4 Å². The highest BCUT2D eigenvalue weighted by molar-refractivity contribution is 5.95. The second-order valence-electron chi connectivity index (χ2n) is 6.21. The van der Waals surface area contributed by atoms with Crippen molar-refractivity contribution in [3.63, 3.8) is 0 Å². The molecule has 0 aliphatic rings. The van der Waals surface area contributed by atoms with Crippen molar-refractivity contribution < 1.29 is 27.2 Å². The van der Waals surface area contributed by atoms with Gasteiger partial charge in [-0.05, 0) is 24.3 Å². The Morgan fingerprint density at radius 2 is 1.52 bits per heavy atom. The molecule has 0 aliphatic carbocycles. The minimum atomic E-state index is -1.81. The summed E-state index contributed by atoms with van der Waals surface area (Å²) in [6.07, 6.45) is 0. The first-order valence-electron chi connectivity index (χ1n) is 8.76. The van der Waals surface area contributed by atoms with E-state index in [2.05, 4.69) is 21.5 Å². The highest BCUT2D eigenvalue weighted by atomic mass is 19.2. The number of anilines is 1. The lowest BCUT2D eigenvalue weighted by atomic mass is 10.1. The number of hydrogen-bond acceptors (Lipinski definition) is 6. The average molecular weight is 438 g/mol. The molecule has 0 aliphatic heterocycles. The predicted octanol–water partition coefficient (Wildman–Crippen LogP) is -0.294. The lowest BCUT2D eigenvalue weighted by molar-refractivity contribution is -0.122. The first-order chi connectivity index (χ1) is 14.6. The van der Waals surface area contributed by atoms with E-state index in [0.29, 0.717) is 5.69 Å². The molecular weight excluding hydrogens is 420 g/mol. The van der Waals surface area contributed by atoms with Gasteiger partial charge < -0.3 is 27.8 Å². The number of amides is 2. The van der Waals surface area contributed by atoms with Crippen LogP contribution >= 0.6 is 0 Å². The van der Waals surface area contributed by atoms with Gasteiger partial charge in [0.15, 0.2) is 11.6 Å². The molecular formula is C19H18F4N6O2. The maximum absolute atomic E-state index is 13.6. The first kappa shape index (κ1) is 23.7. The van der Waals surface area contributed by atoms with E-state index < -0.39 is 53.0 Å². The van der Waals surface area contributed by atoms with E-state index in [-0.39, 0.29) is 18.7 Å². The van der Waals surface area contributed by atoms with Gasteiger partial charge in [-0.15, -0.1) is 0 Å². The molecule has 1 heterocycles. The average Bonchev–Trinajstić information content (AvgIpc) is 2.76. The Labute approximate surface area is 174 Å². The Hall–Kier alpha value is -3.53. The Kier molecular flexibility index (Phi) is 8.03. The fraction of sp³-hybridized carbons (Fsp3) is 0.211. The van der Waals surface area contributed by atoms with E-state index in [1.165, 1.54) is 24.3 Å². The molecule has 0 saturated heterocycles. The zero-order valence-corrected chi connectivity index (χ0v) is 15.9. The summed E-state index contributed by atoms with van der Waals surface area (Å²) in [5.41, 5.74) is 15.8. The SMILES string of the molecule is NCC(N)C(=O)NCC(N)C(=O)Nc1ccc(C#Cc2c(F)c(F)nc(F)c2F)cc1. The van der Waals surface area contributed by atoms with Gasteiger partial charge in [-0.2, -0.15) is 13.8 Å². The maximum atomic E-state index is 13.6. The van der Waals surface area contributed by atoms with Gasteiger partial charge >= 0.3 is 0 Å². The molecule has 2 aromatic rings. The van der Waals surface area contributed by atoms with Crippen molar-refractivity contribution in [2.24, 2.45) is 17.2 Å². The Morgan fingerprint density at radius 1 is 0.935 bits per heavy atom. The first-order valence-corrected chi connectivity index (χ1v) is 8.76. The van der Waals surface area contributed by atoms with Crippen LogP contribution in [0.3, 0.4) is 0 Å². The Bertz CT molecular complexity index is 1010. The summed E-state index contributed by atoms with van der Waals surface area (Å²) in [6.45, 7) is -0.231. The number of carbonyl (C=O) groups is 2. The number of nitrogens with zero attached hydrogens (tertiary/aromatic N) is 1. The molecule has 8 nitrogen and oxygen atoms in total. The molecule has 12 heteroatoms. The van der Waals surface area contributed by atoms with Crippen LogP contribution in [0, 0.1) is 35.4 Å². The van der Waals surface area contributed by atoms with Crippen molar-refractivity contribution in [1.82, 2.24) is 10.3 Å². The summed E-state index contributed by atoms with van der Waals surface area (Å²) < 4.78 is 53.3. The number of nitrogens with one attached hydrogen (secondary N) is 2. The third-order valence-electron chi connectivity index (χ3n) is 3.91. The zero-order valence-electron chi connectivity index (χ0n) is 15.9. The molecule has 0 fully saturated rings. The van der Waals surface area contributed by atoms with Crippen LogP contribution in [0.4, 0.5) is 23.2 Å². The summed E-state index contributed by atoms with van der Waals surface area (Å²) in [5.74, 6) is -3.81. The highest BCUT2D eigenvalue weighted by Gasteiger charge is 2.19. The molecule has 0 saturated carbocycles. The fourth-order valence-electron chi connectivity index (χ4n) is 2.14. The van der Waals surface area contributed by atoms with Crippen molar-refractivity contribution in [3.8, 4) is 11.8 Å². The van der Waals surface area contributed by atoms with Crippen LogP contribution in [0.5, 0.6) is 0 Å². The number of aromatic nitrogens is 1. The van der Waals surface area contributed by atoms with Crippen LogP contribution in [0.1, 0.15) is 11.1 Å². The van der Waals surface area contributed by atoms with Gasteiger partial charge in [-0.1, -0.05) is 11.8 Å².